The quantitative estimate of drug-likeness (QED) is 0.824. The summed E-state index contributed by atoms with van der Waals surface area (Å²) < 4.78 is 6.94. The number of nitrogens with zero attached hydrogens (tertiary/aromatic N) is 4. The minimum Gasteiger partial charge on any atom is -0.464 e. The molecule has 0 saturated carbocycles. The molecular weight excluding hydrogens is 270 g/mol. The first kappa shape index (κ1) is 13.8. The van der Waals surface area contributed by atoms with E-state index in [1.807, 2.05) is 36.9 Å². The summed E-state index contributed by atoms with van der Waals surface area (Å²) in [5.74, 6) is 0.337. The SMILES string of the molecule is CCOC(=O)C1CNCCN1c1nc2cccc(C)n2n1. The normalized spacial score (nSPS) is 19.0. The first-order valence-electron chi connectivity index (χ1n) is 7.17. The van der Waals surface area contributed by atoms with Crippen LogP contribution in [0.4, 0.5) is 5.95 Å². The standard InChI is InChI=1S/C14H19N5O2/c1-3-21-13(20)11-9-15-7-8-18(11)14-16-12-6-4-5-10(2)19(12)17-14/h4-6,11,15H,3,7-9H2,1-2H3. The highest BCUT2D eigenvalue weighted by Gasteiger charge is 2.32. The molecule has 3 rings (SSSR count). The molecule has 21 heavy (non-hydrogen) atoms. The van der Waals surface area contributed by atoms with Gasteiger partial charge >= 0.3 is 5.97 Å². The Labute approximate surface area is 122 Å². The fourth-order valence-electron chi connectivity index (χ4n) is 2.54. The maximum Gasteiger partial charge on any atom is 0.330 e. The minimum atomic E-state index is -0.378. The van der Waals surface area contributed by atoms with Crippen molar-refractivity contribution in [2.45, 2.75) is 19.9 Å². The van der Waals surface area contributed by atoms with Crippen LogP contribution in [0.5, 0.6) is 0 Å². The molecule has 0 amide bonds. The summed E-state index contributed by atoms with van der Waals surface area (Å²) in [7, 11) is 0. The summed E-state index contributed by atoms with van der Waals surface area (Å²) in [6, 6.07) is 5.46. The summed E-state index contributed by atoms with van der Waals surface area (Å²) in [5.41, 5.74) is 1.79. The largest absolute Gasteiger partial charge is 0.464 e. The van der Waals surface area contributed by atoms with E-state index in [4.69, 9.17) is 4.74 Å². The molecule has 0 spiro atoms. The van der Waals surface area contributed by atoms with Gasteiger partial charge in [0.2, 0.25) is 5.95 Å². The number of anilines is 1. The number of hydrogen-bond donors (Lipinski definition) is 1. The van der Waals surface area contributed by atoms with Crippen LogP contribution < -0.4 is 10.2 Å². The van der Waals surface area contributed by atoms with Crippen molar-refractivity contribution in [3.63, 3.8) is 0 Å². The van der Waals surface area contributed by atoms with E-state index in [0.717, 1.165) is 17.9 Å². The lowest BCUT2D eigenvalue weighted by Gasteiger charge is -2.33. The van der Waals surface area contributed by atoms with Crippen molar-refractivity contribution in [2.24, 2.45) is 0 Å². The van der Waals surface area contributed by atoms with Gasteiger partial charge in [-0.2, -0.15) is 4.98 Å². The number of esters is 1. The second-order valence-corrected chi connectivity index (χ2v) is 5.01. The van der Waals surface area contributed by atoms with E-state index in [1.54, 1.807) is 4.52 Å². The third-order valence-corrected chi connectivity index (χ3v) is 3.60. The minimum absolute atomic E-state index is 0.236. The Balaban J connectivity index is 1.94. The van der Waals surface area contributed by atoms with Gasteiger partial charge in [0, 0.05) is 25.3 Å². The van der Waals surface area contributed by atoms with Crippen LogP contribution in [0.1, 0.15) is 12.6 Å². The molecule has 2 aromatic rings. The number of carbonyl (C=O) groups is 1. The summed E-state index contributed by atoms with van der Waals surface area (Å²) in [5, 5.41) is 7.74. The second-order valence-electron chi connectivity index (χ2n) is 5.01. The second kappa shape index (κ2) is 5.69. The Morgan fingerprint density at radius 1 is 1.52 bits per heavy atom. The van der Waals surface area contributed by atoms with Crippen LogP contribution in [0.15, 0.2) is 18.2 Å². The third kappa shape index (κ3) is 2.56. The molecular formula is C14H19N5O2. The molecule has 0 radical (unpaired) electrons. The molecule has 1 N–H and O–H groups in total. The lowest BCUT2D eigenvalue weighted by atomic mass is 10.2. The van der Waals surface area contributed by atoms with Gasteiger partial charge < -0.3 is 15.0 Å². The molecule has 1 fully saturated rings. The Morgan fingerprint density at radius 3 is 3.14 bits per heavy atom. The van der Waals surface area contributed by atoms with Gasteiger partial charge in [0.15, 0.2) is 5.65 Å². The average Bonchev–Trinajstić information content (AvgIpc) is 2.93. The number of piperazine rings is 1. The predicted molar refractivity (Wildman–Crippen MR) is 78.4 cm³/mol. The van der Waals surface area contributed by atoms with Gasteiger partial charge in [-0.3, -0.25) is 0 Å². The molecule has 1 atom stereocenters. The topological polar surface area (TPSA) is 71.8 Å². The Morgan fingerprint density at radius 2 is 2.38 bits per heavy atom. The fourth-order valence-corrected chi connectivity index (χ4v) is 2.54. The predicted octanol–water partition coefficient (Wildman–Crippen LogP) is 0.379. The monoisotopic (exact) mass is 289 g/mol. The van der Waals surface area contributed by atoms with Gasteiger partial charge in [0.25, 0.3) is 0 Å². The fraction of sp³-hybridized carbons (Fsp3) is 0.500. The molecule has 7 nitrogen and oxygen atoms in total. The summed E-state index contributed by atoms with van der Waals surface area (Å²) >= 11 is 0. The van der Waals surface area contributed by atoms with Crippen molar-refractivity contribution >= 4 is 17.6 Å². The van der Waals surface area contributed by atoms with Gasteiger partial charge in [-0.1, -0.05) is 6.07 Å². The van der Waals surface area contributed by atoms with Crippen molar-refractivity contribution in [3.8, 4) is 0 Å². The van der Waals surface area contributed by atoms with Crippen LogP contribution in [0, 0.1) is 6.92 Å². The average molecular weight is 289 g/mol. The van der Waals surface area contributed by atoms with Gasteiger partial charge in [0.1, 0.15) is 6.04 Å². The van der Waals surface area contributed by atoms with Crippen LogP contribution in [-0.2, 0) is 9.53 Å². The maximum atomic E-state index is 12.1. The summed E-state index contributed by atoms with van der Waals surface area (Å²) in [6.07, 6.45) is 0. The first-order valence-corrected chi connectivity index (χ1v) is 7.17. The van der Waals surface area contributed by atoms with E-state index < -0.39 is 0 Å². The highest BCUT2D eigenvalue weighted by molar-refractivity contribution is 5.80. The summed E-state index contributed by atoms with van der Waals surface area (Å²) in [4.78, 5) is 18.5. The zero-order valence-corrected chi connectivity index (χ0v) is 12.2. The van der Waals surface area contributed by atoms with Crippen molar-refractivity contribution in [1.29, 1.82) is 0 Å². The number of rotatable bonds is 3. The number of aromatic nitrogens is 3. The highest BCUT2D eigenvalue weighted by Crippen LogP contribution is 2.17. The number of pyridine rings is 1. The molecule has 0 aromatic carbocycles. The van der Waals surface area contributed by atoms with E-state index >= 15 is 0 Å². The Hall–Kier alpha value is -2.15. The number of nitrogens with one attached hydrogen (secondary N) is 1. The molecule has 112 valence electrons. The Bertz CT molecular complexity index is 654. The van der Waals surface area contributed by atoms with Gasteiger partial charge in [-0.15, -0.1) is 5.10 Å². The van der Waals surface area contributed by atoms with E-state index in [2.05, 4.69) is 15.4 Å². The number of hydrogen-bond acceptors (Lipinski definition) is 6. The molecule has 3 heterocycles. The van der Waals surface area contributed by atoms with Crippen molar-refractivity contribution < 1.29 is 9.53 Å². The van der Waals surface area contributed by atoms with Crippen molar-refractivity contribution in [1.82, 2.24) is 19.9 Å². The lowest BCUT2D eigenvalue weighted by Crippen LogP contribution is -2.56. The van der Waals surface area contributed by atoms with Crippen LogP contribution in [0.25, 0.3) is 5.65 Å². The maximum absolute atomic E-state index is 12.1. The zero-order valence-electron chi connectivity index (χ0n) is 12.2. The molecule has 1 aliphatic rings. The summed E-state index contributed by atoms with van der Waals surface area (Å²) in [6.45, 7) is 6.19. The zero-order chi connectivity index (χ0) is 14.8. The van der Waals surface area contributed by atoms with Crippen LogP contribution in [0.2, 0.25) is 0 Å². The van der Waals surface area contributed by atoms with Crippen LogP contribution >= 0.6 is 0 Å². The van der Waals surface area contributed by atoms with E-state index in [1.165, 1.54) is 0 Å². The highest BCUT2D eigenvalue weighted by atomic mass is 16.5. The van der Waals surface area contributed by atoms with E-state index in [9.17, 15) is 4.79 Å². The third-order valence-electron chi connectivity index (χ3n) is 3.60. The van der Waals surface area contributed by atoms with Gasteiger partial charge in [0.05, 0.1) is 6.61 Å². The molecule has 0 aliphatic carbocycles. The molecule has 1 aliphatic heterocycles. The van der Waals surface area contributed by atoms with E-state index in [0.29, 0.717) is 25.6 Å². The van der Waals surface area contributed by atoms with Crippen LogP contribution in [0.3, 0.4) is 0 Å². The lowest BCUT2D eigenvalue weighted by molar-refractivity contribution is -0.144. The molecule has 1 unspecified atom stereocenters. The number of aryl methyl sites for hydroxylation is 1. The smallest absolute Gasteiger partial charge is 0.330 e. The van der Waals surface area contributed by atoms with Crippen molar-refractivity contribution in [3.05, 3.63) is 23.9 Å². The number of fused-ring (bicyclic) bond motifs is 1. The number of ether oxygens (including phenoxy) is 1. The van der Waals surface area contributed by atoms with Gasteiger partial charge in [-0.25, -0.2) is 9.31 Å². The molecule has 1 saturated heterocycles. The molecule has 0 bridgehead atoms. The van der Waals surface area contributed by atoms with E-state index in [-0.39, 0.29) is 12.0 Å². The molecule has 2 aromatic heterocycles. The van der Waals surface area contributed by atoms with Gasteiger partial charge in [-0.05, 0) is 26.0 Å². The molecule has 7 heteroatoms. The van der Waals surface area contributed by atoms with Crippen molar-refractivity contribution in [2.75, 3.05) is 31.1 Å². The number of carbonyl (C=O) groups excluding carboxylic acids is 1. The first-order chi connectivity index (χ1) is 10.2. The Kier molecular flexibility index (Phi) is 3.74. The van der Waals surface area contributed by atoms with Crippen LogP contribution in [-0.4, -0.2) is 52.9 Å².